The number of H-pyrrole nitrogens is 2. The average molecular weight is 271 g/mol. The molecule has 0 bridgehead atoms. The molecule has 0 atom stereocenters. The molecule has 0 aliphatic carbocycles. The Morgan fingerprint density at radius 3 is 2.33 bits per heavy atom. The number of hydrogen-bond donors (Lipinski definition) is 3. The predicted molar refractivity (Wildman–Crippen MR) is 59.1 cm³/mol. The van der Waals surface area contributed by atoms with Gasteiger partial charge in [0.2, 0.25) is 0 Å². The van der Waals surface area contributed by atoms with Crippen molar-refractivity contribution in [3.05, 3.63) is 43.6 Å². The molecule has 0 aliphatic heterocycles. The highest BCUT2D eigenvalue weighted by atomic mass is 79.9. The molecule has 0 spiro atoms. The lowest BCUT2D eigenvalue weighted by molar-refractivity contribution is 0.954. The van der Waals surface area contributed by atoms with Crippen LogP contribution in [0.2, 0.25) is 0 Å². The van der Waals surface area contributed by atoms with Crippen molar-refractivity contribution >= 4 is 21.6 Å². The van der Waals surface area contributed by atoms with Gasteiger partial charge in [0.1, 0.15) is 0 Å². The first-order valence-electron chi connectivity index (χ1n) is 4.04. The van der Waals surface area contributed by atoms with E-state index in [-0.39, 0.29) is 0 Å². The maximum absolute atomic E-state index is 11.3. The second-order valence-corrected chi connectivity index (χ2v) is 3.81. The number of hydrogen-bond acceptors (Lipinski definition) is 3. The molecule has 1 aromatic heterocycles. The molecule has 1 aromatic carbocycles. The van der Waals surface area contributed by atoms with Gasteiger partial charge in [-0.05, 0) is 18.2 Å². The standard InChI is InChI=1S/C8H7BrN4O2/c9-4-1-2-6(5(10)3-4)13-7(14)11-12-8(13)15/h1-3H,10H2,(H,11,14)(H,12,15). The zero-order valence-corrected chi connectivity index (χ0v) is 9.04. The van der Waals surface area contributed by atoms with E-state index in [9.17, 15) is 9.59 Å². The molecule has 78 valence electrons. The maximum atomic E-state index is 11.3. The minimum absolute atomic E-state index is 0.344. The van der Waals surface area contributed by atoms with Crippen LogP contribution in [0.3, 0.4) is 0 Å². The molecule has 0 fully saturated rings. The normalized spacial score (nSPS) is 10.5. The highest BCUT2D eigenvalue weighted by Crippen LogP contribution is 2.19. The molecule has 2 aromatic rings. The van der Waals surface area contributed by atoms with Gasteiger partial charge in [-0.25, -0.2) is 24.4 Å². The molecule has 0 aliphatic rings. The first-order chi connectivity index (χ1) is 7.09. The fraction of sp³-hybridized carbons (Fsp3) is 0. The van der Waals surface area contributed by atoms with Gasteiger partial charge >= 0.3 is 11.4 Å². The van der Waals surface area contributed by atoms with Crippen LogP contribution in [0.5, 0.6) is 0 Å². The quantitative estimate of drug-likeness (QED) is 0.646. The van der Waals surface area contributed by atoms with Gasteiger partial charge in [0.15, 0.2) is 0 Å². The number of nitrogen functional groups attached to an aromatic ring is 1. The van der Waals surface area contributed by atoms with Crippen molar-refractivity contribution in [3.8, 4) is 5.69 Å². The number of nitrogens with zero attached hydrogens (tertiary/aromatic N) is 1. The van der Waals surface area contributed by atoms with E-state index in [1.165, 1.54) is 0 Å². The molecule has 7 heteroatoms. The Kier molecular flexibility index (Phi) is 2.24. The minimum atomic E-state index is -0.547. The van der Waals surface area contributed by atoms with E-state index in [1.807, 2.05) is 0 Å². The van der Waals surface area contributed by atoms with Crippen molar-refractivity contribution < 1.29 is 0 Å². The molecule has 1 heterocycles. The number of anilines is 1. The van der Waals surface area contributed by atoms with Crippen LogP contribution in [0, 0.1) is 0 Å². The fourth-order valence-electron chi connectivity index (χ4n) is 1.26. The van der Waals surface area contributed by atoms with E-state index < -0.39 is 11.4 Å². The zero-order chi connectivity index (χ0) is 11.0. The predicted octanol–water partition coefficient (Wildman–Crippen LogP) is 0.199. The van der Waals surface area contributed by atoms with Gasteiger partial charge in [-0.3, -0.25) is 0 Å². The zero-order valence-electron chi connectivity index (χ0n) is 7.45. The van der Waals surface area contributed by atoms with E-state index in [2.05, 4.69) is 26.1 Å². The molecule has 2 rings (SSSR count). The summed E-state index contributed by atoms with van der Waals surface area (Å²) in [4.78, 5) is 22.6. The van der Waals surface area contributed by atoms with Crippen LogP contribution in [-0.2, 0) is 0 Å². The van der Waals surface area contributed by atoms with Crippen molar-refractivity contribution in [2.45, 2.75) is 0 Å². The molecule has 0 saturated carbocycles. The third kappa shape index (κ3) is 1.61. The Morgan fingerprint density at radius 2 is 1.80 bits per heavy atom. The number of nitrogens with one attached hydrogen (secondary N) is 2. The number of benzene rings is 1. The number of rotatable bonds is 1. The van der Waals surface area contributed by atoms with Gasteiger partial charge in [0.25, 0.3) is 0 Å². The first-order valence-corrected chi connectivity index (χ1v) is 4.84. The van der Waals surface area contributed by atoms with Gasteiger partial charge in [0, 0.05) is 4.47 Å². The van der Waals surface area contributed by atoms with Crippen molar-refractivity contribution in [1.82, 2.24) is 14.8 Å². The van der Waals surface area contributed by atoms with Gasteiger partial charge in [0.05, 0.1) is 11.4 Å². The highest BCUT2D eigenvalue weighted by Gasteiger charge is 2.08. The first kappa shape index (κ1) is 9.78. The summed E-state index contributed by atoms with van der Waals surface area (Å²) in [6, 6.07) is 4.91. The largest absolute Gasteiger partial charge is 0.397 e. The Bertz CT molecular complexity index is 582. The number of halogens is 1. The molecule has 4 N–H and O–H groups in total. The van der Waals surface area contributed by atoms with E-state index >= 15 is 0 Å². The highest BCUT2D eigenvalue weighted by molar-refractivity contribution is 9.10. The summed E-state index contributed by atoms with van der Waals surface area (Å²) in [5, 5.41) is 4.36. The van der Waals surface area contributed by atoms with E-state index in [0.29, 0.717) is 11.4 Å². The average Bonchev–Trinajstić information content (AvgIpc) is 2.48. The SMILES string of the molecule is Nc1cc(Br)ccc1-n1c(=O)[nH][nH]c1=O. The monoisotopic (exact) mass is 270 g/mol. The molecule has 0 radical (unpaired) electrons. The Labute approximate surface area is 91.8 Å². The number of aromatic nitrogens is 3. The second kappa shape index (κ2) is 3.43. The lowest BCUT2D eigenvalue weighted by atomic mass is 10.3. The van der Waals surface area contributed by atoms with Crippen molar-refractivity contribution in [2.75, 3.05) is 5.73 Å². The minimum Gasteiger partial charge on any atom is -0.397 e. The van der Waals surface area contributed by atoms with E-state index in [4.69, 9.17) is 5.73 Å². The van der Waals surface area contributed by atoms with E-state index in [1.54, 1.807) is 18.2 Å². The summed E-state index contributed by atoms with van der Waals surface area (Å²) in [7, 11) is 0. The molecule has 0 amide bonds. The number of nitrogens with two attached hydrogens (primary N) is 1. The van der Waals surface area contributed by atoms with Crippen LogP contribution in [-0.4, -0.2) is 14.8 Å². The van der Waals surface area contributed by atoms with Gasteiger partial charge < -0.3 is 5.73 Å². The summed E-state index contributed by atoms with van der Waals surface area (Å²) in [5.41, 5.74) is 5.30. The summed E-state index contributed by atoms with van der Waals surface area (Å²) in [5.74, 6) is 0. The van der Waals surface area contributed by atoms with Crippen LogP contribution >= 0.6 is 15.9 Å². The lowest BCUT2D eigenvalue weighted by Gasteiger charge is -2.03. The maximum Gasteiger partial charge on any atom is 0.349 e. The van der Waals surface area contributed by atoms with Crippen LogP contribution in [0.25, 0.3) is 5.69 Å². The fourth-order valence-corrected chi connectivity index (χ4v) is 1.64. The third-order valence-corrected chi connectivity index (χ3v) is 2.41. The topological polar surface area (TPSA) is 96.7 Å². The Morgan fingerprint density at radius 1 is 1.20 bits per heavy atom. The van der Waals surface area contributed by atoms with Crippen LogP contribution < -0.4 is 17.1 Å². The van der Waals surface area contributed by atoms with Crippen molar-refractivity contribution in [3.63, 3.8) is 0 Å². The summed E-state index contributed by atoms with van der Waals surface area (Å²) < 4.78 is 1.71. The lowest BCUT2D eigenvalue weighted by Crippen LogP contribution is -2.25. The molecular formula is C8H7BrN4O2. The summed E-state index contributed by atoms with van der Waals surface area (Å²) in [6.07, 6.45) is 0. The Hall–Kier alpha value is -1.76. The molecule has 0 saturated heterocycles. The summed E-state index contributed by atoms with van der Waals surface area (Å²) >= 11 is 3.24. The summed E-state index contributed by atoms with van der Waals surface area (Å²) in [6.45, 7) is 0. The molecule has 6 nitrogen and oxygen atoms in total. The van der Waals surface area contributed by atoms with Gasteiger partial charge in [-0.15, -0.1) is 0 Å². The smallest absolute Gasteiger partial charge is 0.349 e. The van der Waals surface area contributed by atoms with Crippen LogP contribution in [0.1, 0.15) is 0 Å². The van der Waals surface area contributed by atoms with Gasteiger partial charge in [-0.2, -0.15) is 0 Å². The van der Waals surface area contributed by atoms with Crippen LogP contribution in [0.15, 0.2) is 32.3 Å². The molecular weight excluding hydrogens is 264 g/mol. The number of aromatic amines is 2. The van der Waals surface area contributed by atoms with Gasteiger partial charge in [-0.1, -0.05) is 15.9 Å². The molecule has 0 unspecified atom stereocenters. The Balaban J connectivity index is 2.75. The van der Waals surface area contributed by atoms with Crippen LogP contribution in [0.4, 0.5) is 5.69 Å². The third-order valence-electron chi connectivity index (χ3n) is 1.91. The molecule has 15 heavy (non-hydrogen) atoms. The van der Waals surface area contributed by atoms with E-state index in [0.717, 1.165) is 9.04 Å². The van der Waals surface area contributed by atoms with Crippen molar-refractivity contribution in [2.24, 2.45) is 0 Å². The van der Waals surface area contributed by atoms with Crippen molar-refractivity contribution in [1.29, 1.82) is 0 Å². The second-order valence-electron chi connectivity index (χ2n) is 2.90.